The number of hydrogen-bond acceptors (Lipinski definition) is 2. The van der Waals surface area contributed by atoms with Gasteiger partial charge in [0.1, 0.15) is 0 Å². The second-order valence-electron chi connectivity index (χ2n) is 3.58. The van der Waals surface area contributed by atoms with Gasteiger partial charge < -0.3 is 0 Å². The van der Waals surface area contributed by atoms with Crippen LogP contribution in [0.2, 0.25) is 0 Å². The summed E-state index contributed by atoms with van der Waals surface area (Å²) in [5.41, 5.74) is -4.49. The second-order valence-corrected chi connectivity index (χ2v) is 5.43. The smallest absolute Gasteiger partial charge is 0.258 e. The minimum Gasteiger partial charge on any atom is -0.258 e. The molecule has 3 nitrogen and oxygen atoms in total. The molecule has 1 heterocycles. The van der Waals surface area contributed by atoms with Gasteiger partial charge in [0.25, 0.3) is 0 Å². The third kappa shape index (κ3) is 1.70. The molecule has 0 spiro atoms. The predicted molar refractivity (Wildman–Crippen MR) is 57.8 cm³/mol. The van der Waals surface area contributed by atoms with E-state index in [0.29, 0.717) is 15.4 Å². The Balaban J connectivity index is 2.56. The van der Waals surface area contributed by atoms with Crippen LogP contribution in [0.4, 0.5) is 18.9 Å². The zero-order valence-corrected chi connectivity index (χ0v) is 9.35. The highest BCUT2D eigenvalue weighted by Gasteiger charge is 2.51. The average Bonchev–Trinajstić information content (AvgIpc) is 2.56. The topological polar surface area (TPSA) is 37.4 Å². The fourth-order valence-corrected chi connectivity index (χ4v) is 2.67. The molecule has 1 aromatic carbocycles. The average molecular weight is 263 g/mol. The van der Waals surface area contributed by atoms with Crippen LogP contribution in [0.3, 0.4) is 0 Å². The van der Waals surface area contributed by atoms with Crippen molar-refractivity contribution in [2.24, 2.45) is 0 Å². The third-order valence-corrected chi connectivity index (χ3v) is 3.96. The SMILES string of the molecule is C=C1CN(S(=O)(=O)C(F)(F)F)c2ccccc21. The molecule has 1 aliphatic rings. The summed E-state index contributed by atoms with van der Waals surface area (Å²) in [7, 11) is -5.35. The summed E-state index contributed by atoms with van der Waals surface area (Å²) in [6.45, 7) is 3.21. The van der Waals surface area contributed by atoms with Crippen LogP contribution in [0.25, 0.3) is 5.57 Å². The van der Waals surface area contributed by atoms with Crippen molar-refractivity contribution in [2.75, 3.05) is 10.8 Å². The molecular weight excluding hydrogens is 255 g/mol. The number of para-hydroxylation sites is 1. The monoisotopic (exact) mass is 263 g/mol. The maximum atomic E-state index is 12.4. The highest BCUT2D eigenvalue weighted by molar-refractivity contribution is 7.93. The Morgan fingerprint density at radius 2 is 1.82 bits per heavy atom. The molecule has 0 amide bonds. The van der Waals surface area contributed by atoms with Crippen molar-refractivity contribution in [3.63, 3.8) is 0 Å². The fraction of sp³-hybridized carbons (Fsp3) is 0.200. The first-order chi connectivity index (χ1) is 7.75. The molecule has 0 saturated heterocycles. The van der Waals surface area contributed by atoms with Crippen LogP contribution in [0.15, 0.2) is 30.8 Å². The van der Waals surface area contributed by atoms with Crippen LogP contribution >= 0.6 is 0 Å². The molecule has 0 radical (unpaired) electrons. The molecule has 0 unspecified atom stereocenters. The normalized spacial score (nSPS) is 16.2. The third-order valence-electron chi connectivity index (χ3n) is 2.47. The van der Waals surface area contributed by atoms with E-state index in [4.69, 9.17) is 0 Å². The number of anilines is 1. The van der Waals surface area contributed by atoms with Crippen LogP contribution in [-0.4, -0.2) is 20.5 Å². The first kappa shape index (κ1) is 12.0. The van der Waals surface area contributed by atoms with Crippen molar-refractivity contribution in [3.8, 4) is 0 Å². The minimum absolute atomic E-state index is 0.0230. The van der Waals surface area contributed by atoms with Crippen LogP contribution in [0, 0.1) is 0 Å². The minimum atomic E-state index is -5.35. The molecule has 0 aromatic heterocycles. The molecule has 1 aliphatic heterocycles. The molecular formula is C10H8F3NO2S. The van der Waals surface area contributed by atoms with E-state index < -0.39 is 15.5 Å². The number of halogens is 3. The van der Waals surface area contributed by atoms with Crippen molar-refractivity contribution in [2.45, 2.75) is 5.51 Å². The van der Waals surface area contributed by atoms with Gasteiger partial charge in [0.15, 0.2) is 0 Å². The van der Waals surface area contributed by atoms with Gasteiger partial charge in [0.05, 0.1) is 12.2 Å². The van der Waals surface area contributed by atoms with E-state index >= 15 is 0 Å². The Kier molecular flexibility index (Phi) is 2.46. The number of nitrogens with zero attached hydrogens (tertiary/aromatic N) is 1. The van der Waals surface area contributed by atoms with E-state index in [2.05, 4.69) is 6.58 Å². The Hall–Kier alpha value is -1.50. The van der Waals surface area contributed by atoms with Crippen molar-refractivity contribution < 1.29 is 21.6 Å². The van der Waals surface area contributed by atoms with Gasteiger partial charge in [-0.05, 0) is 11.6 Å². The molecule has 0 fully saturated rings. The van der Waals surface area contributed by atoms with Crippen LogP contribution in [0.5, 0.6) is 0 Å². The van der Waals surface area contributed by atoms with Gasteiger partial charge >= 0.3 is 15.5 Å². The maximum absolute atomic E-state index is 12.4. The van der Waals surface area contributed by atoms with Crippen molar-refractivity contribution in [1.82, 2.24) is 0 Å². The maximum Gasteiger partial charge on any atom is 0.516 e. The lowest BCUT2D eigenvalue weighted by molar-refractivity contribution is -0.0437. The van der Waals surface area contributed by atoms with Crippen molar-refractivity contribution >= 4 is 21.3 Å². The van der Waals surface area contributed by atoms with Gasteiger partial charge in [-0.3, -0.25) is 4.31 Å². The highest BCUT2D eigenvalue weighted by Crippen LogP contribution is 2.40. The predicted octanol–water partition coefficient (Wildman–Crippen LogP) is 2.37. The zero-order chi connectivity index (χ0) is 12.8. The number of hydrogen-bond donors (Lipinski definition) is 0. The lowest BCUT2D eigenvalue weighted by Crippen LogP contribution is -2.39. The van der Waals surface area contributed by atoms with E-state index in [1.807, 2.05) is 0 Å². The molecule has 7 heteroatoms. The summed E-state index contributed by atoms with van der Waals surface area (Å²) in [6.07, 6.45) is 0. The first-order valence-corrected chi connectivity index (χ1v) is 6.05. The molecule has 0 bridgehead atoms. The van der Waals surface area contributed by atoms with E-state index in [-0.39, 0.29) is 12.2 Å². The fourth-order valence-electron chi connectivity index (χ4n) is 1.67. The number of alkyl halides is 3. The summed E-state index contributed by atoms with van der Waals surface area (Å²) in [5, 5.41) is 0. The second kappa shape index (κ2) is 3.49. The Morgan fingerprint density at radius 3 is 2.41 bits per heavy atom. The van der Waals surface area contributed by atoms with Crippen LogP contribution in [-0.2, 0) is 10.0 Å². The van der Waals surface area contributed by atoms with Gasteiger partial charge in [-0.15, -0.1) is 0 Å². The van der Waals surface area contributed by atoms with Crippen molar-refractivity contribution in [1.29, 1.82) is 0 Å². The molecule has 0 atom stereocenters. The lowest BCUT2D eigenvalue weighted by Gasteiger charge is -2.20. The van der Waals surface area contributed by atoms with E-state index in [1.165, 1.54) is 12.1 Å². The summed E-state index contributed by atoms with van der Waals surface area (Å²) in [5.74, 6) is 0. The van der Waals surface area contributed by atoms with Crippen molar-refractivity contribution in [3.05, 3.63) is 36.4 Å². The summed E-state index contributed by atoms with van der Waals surface area (Å²) >= 11 is 0. The van der Waals surface area contributed by atoms with Gasteiger partial charge in [-0.2, -0.15) is 21.6 Å². The quantitative estimate of drug-likeness (QED) is 0.780. The first-order valence-electron chi connectivity index (χ1n) is 4.61. The highest BCUT2D eigenvalue weighted by atomic mass is 32.2. The number of rotatable bonds is 1. The number of fused-ring (bicyclic) bond motifs is 1. The zero-order valence-electron chi connectivity index (χ0n) is 8.53. The number of sulfonamides is 1. The number of benzene rings is 1. The lowest BCUT2D eigenvalue weighted by atomic mass is 10.1. The summed E-state index contributed by atoms with van der Waals surface area (Å²) in [6, 6.07) is 5.98. The van der Waals surface area contributed by atoms with Gasteiger partial charge in [-0.25, -0.2) is 0 Å². The molecule has 0 N–H and O–H groups in total. The Bertz CT molecular complexity index is 577. The van der Waals surface area contributed by atoms with E-state index in [9.17, 15) is 21.6 Å². The molecule has 0 aliphatic carbocycles. The molecule has 92 valence electrons. The van der Waals surface area contributed by atoms with Gasteiger partial charge in [-0.1, -0.05) is 24.8 Å². The van der Waals surface area contributed by atoms with Crippen LogP contribution in [0.1, 0.15) is 5.56 Å². The van der Waals surface area contributed by atoms with E-state index in [0.717, 1.165) is 0 Å². The van der Waals surface area contributed by atoms with Crippen LogP contribution < -0.4 is 4.31 Å². The largest absolute Gasteiger partial charge is 0.516 e. The Morgan fingerprint density at radius 1 is 1.24 bits per heavy atom. The molecule has 0 saturated carbocycles. The molecule has 1 aromatic rings. The van der Waals surface area contributed by atoms with Gasteiger partial charge in [0.2, 0.25) is 0 Å². The van der Waals surface area contributed by atoms with Gasteiger partial charge in [0, 0.05) is 5.56 Å². The standard InChI is InChI=1S/C10H8F3NO2S/c1-7-6-14(17(15,16)10(11,12)13)9-5-3-2-4-8(7)9/h2-5H,1,6H2. The summed E-state index contributed by atoms with van der Waals surface area (Å²) in [4.78, 5) is 0. The molecule has 2 rings (SSSR count). The Labute approximate surface area is 96.2 Å². The molecule has 17 heavy (non-hydrogen) atoms. The van der Waals surface area contributed by atoms with E-state index in [1.54, 1.807) is 12.1 Å². The summed E-state index contributed by atoms with van der Waals surface area (Å²) < 4.78 is 60.3.